The molecule has 0 saturated carbocycles. The Bertz CT molecular complexity index is 251. The molecule has 0 aliphatic carbocycles. The smallest absolute Gasteiger partial charge is 0.400 e. The lowest BCUT2D eigenvalue weighted by Crippen LogP contribution is -2.47. The van der Waals surface area contributed by atoms with Crippen molar-refractivity contribution < 1.29 is 9.53 Å². The van der Waals surface area contributed by atoms with Crippen molar-refractivity contribution in [1.29, 1.82) is 0 Å². The highest BCUT2D eigenvalue weighted by molar-refractivity contribution is 6.62. The van der Waals surface area contributed by atoms with Gasteiger partial charge >= 0.3 is 6.98 Å². The highest BCUT2D eigenvalue weighted by atomic mass is 16.5. The van der Waals surface area contributed by atoms with Gasteiger partial charge in [0.2, 0.25) is 5.91 Å². The van der Waals surface area contributed by atoms with Gasteiger partial charge in [-0.1, -0.05) is 5.98 Å². The summed E-state index contributed by atoms with van der Waals surface area (Å²) in [5, 5.41) is 5.69. The monoisotopic (exact) mass is 180 g/mol. The van der Waals surface area contributed by atoms with Crippen LogP contribution in [0.25, 0.3) is 0 Å². The summed E-state index contributed by atoms with van der Waals surface area (Å²) in [5.41, 5.74) is 0. The Morgan fingerprint density at radius 1 is 1.77 bits per heavy atom. The lowest BCUT2D eigenvalue weighted by atomic mass is 9.75. The first-order valence-corrected chi connectivity index (χ1v) is 4.26. The molecule has 1 aliphatic rings. The second-order valence-corrected chi connectivity index (χ2v) is 2.68. The Balaban J connectivity index is 2.39. The van der Waals surface area contributed by atoms with E-state index in [4.69, 9.17) is 4.74 Å². The maximum atomic E-state index is 10.7. The number of hydrogen-bond acceptors (Lipinski definition) is 3. The molecular formula is C8H13BN2O2. The van der Waals surface area contributed by atoms with Crippen LogP contribution in [0.1, 0.15) is 13.8 Å². The van der Waals surface area contributed by atoms with E-state index >= 15 is 0 Å². The van der Waals surface area contributed by atoms with Crippen LogP contribution < -0.4 is 10.5 Å². The zero-order chi connectivity index (χ0) is 9.68. The lowest BCUT2D eigenvalue weighted by molar-refractivity contribution is -0.117. The van der Waals surface area contributed by atoms with Gasteiger partial charge in [-0.15, -0.1) is 0 Å². The van der Waals surface area contributed by atoms with E-state index in [0.29, 0.717) is 6.61 Å². The number of allylic oxidation sites excluding steroid dienone is 1. The lowest BCUT2D eigenvalue weighted by Gasteiger charge is -2.15. The van der Waals surface area contributed by atoms with Gasteiger partial charge in [-0.3, -0.25) is 4.79 Å². The molecule has 0 saturated heterocycles. The van der Waals surface area contributed by atoms with E-state index in [1.54, 1.807) is 6.20 Å². The highest BCUT2D eigenvalue weighted by Gasteiger charge is 2.14. The Hall–Kier alpha value is -1.39. The average Bonchev–Trinajstić information content (AvgIpc) is 2.08. The number of carbonyl (C=O) groups is 1. The van der Waals surface area contributed by atoms with Crippen molar-refractivity contribution >= 4 is 12.9 Å². The van der Waals surface area contributed by atoms with E-state index in [1.807, 2.05) is 19.0 Å². The van der Waals surface area contributed by atoms with Gasteiger partial charge in [0.1, 0.15) is 5.76 Å². The molecule has 1 amide bonds. The van der Waals surface area contributed by atoms with Crippen LogP contribution >= 0.6 is 0 Å². The van der Waals surface area contributed by atoms with Crippen LogP contribution in [0.15, 0.2) is 24.0 Å². The Morgan fingerprint density at radius 2 is 2.54 bits per heavy atom. The van der Waals surface area contributed by atoms with Crippen molar-refractivity contribution in [3.8, 4) is 0 Å². The fraction of sp³-hybridized carbons (Fsp3) is 0.375. The van der Waals surface area contributed by atoms with E-state index < -0.39 is 0 Å². The molecule has 1 heterocycles. The maximum absolute atomic E-state index is 10.7. The van der Waals surface area contributed by atoms with Gasteiger partial charge < -0.3 is 15.2 Å². The molecule has 0 aromatic rings. The molecule has 70 valence electrons. The largest absolute Gasteiger partial charge is 0.492 e. The summed E-state index contributed by atoms with van der Waals surface area (Å²) in [6.07, 6.45) is 3.57. The predicted octanol–water partition coefficient (Wildman–Crippen LogP) is 0.187. The molecular weight excluding hydrogens is 167 g/mol. The van der Waals surface area contributed by atoms with Crippen LogP contribution in [-0.2, 0) is 9.53 Å². The van der Waals surface area contributed by atoms with Crippen LogP contribution in [0.3, 0.4) is 0 Å². The van der Waals surface area contributed by atoms with Crippen molar-refractivity contribution in [1.82, 2.24) is 10.5 Å². The van der Waals surface area contributed by atoms with Crippen molar-refractivity contribution in [2.24, 2.45) is 0 Å². The van der Waals surface area contributed by atoms with Crippen LogP contribution in [0, 0.1) is 0 Å². The summed E-state index contributed by atoms with van der Waals surface area (Å²) in [6, 6.07) is 0. The first kappa shape index (κ1) is 9.70. The van der Waals surface area contributed by atoms with Gasteiger partial charge in [0.05, 0.1) is 6.61 Å². The number of carbonyl (C=O) groups excluding carboxylic acids is 1. The minimum Gasteiger partial charge on any atom is -0.492 e. The third kappa shape index (κ3) is 3.23. The number of amides is 1. The zero-order valence-electron chi connectivity index (χ0n) is 7.83. The van der Waals surface area contributed by atoms with E-state index in [2.05, 4.69) is 10.5 Å². The molecule has 0 spiro atoms. The summed E-state index contributed by atoms with van der Waals surface area (Å²) < 4.78 is 5.24. The average molecular weight is 180 g/mol. The molecule has 4 nitrogen and oxygen atoms in total. The van der Waals surface area contributed by atoms with Crippen molar-refractivity contribution in [3.63, 3.8) is 0 Å². The van der Waals surface area contributed by atoms with E-state index in [9.17, 15) is 4.79 Å². The molecule has 1 rings (SSSR count). The SMILES string of the molecule is CCOC1=CNB(NC(C)=O)C=C1. The van der Waals surface area contributed by atoms with Crippen LogP contribution in [0.2, 0.25) is 0 Å². The molecule has 1 aliphatic heterocycles. The minimum absolute atomic E-state index is 0.0598. The second-order valence-electron chi connectivity index (χ2n) is 2.68. The maximum Gasteiger partial charge on any atom is 0.400 e. The number of hydrogen-bond donors (Lipinski definition) is 2. The molecule has 0 aromatic carbocycles. The van der Waals surface area contributed by atoms with Crippen molar-refractivity contribution in [3.05, 3.63) is 24.0 Å². The van der Waals surface area contributed by atoms with E-state index in [1.165, 1.54) is 6.92 Å². The Labute approximate surface area is 78.2 Å². The standard InChI is InChI=1S/C8H13BN2O2/c1-3-13-8-4-5-9(10-6-8)11-7(2)12/h4-6,10H,3H2,1-2H3,(H,11,12). The number of rotatable bonds is 3. The van der Waals surface area contributed by atoms with Crippen molar-refractivity contribution in [2.45, 2.75) is 13.8 Å². The number of nitrogens with one attached hydrogen (secondary N) is 2. The molecule has 0 bridgehead atoms. The fourth-order valence-corrected chi connectivity index (χ4v) is 1.03. The first-order chi connectivity index (χ1) is 6.22. The highest BCUT2D eigenvalue weighted by Crippen LogP contribution is 2.02. The van der Waals surface area contributed by atoms with Gasteiger partial charge in [-0.2, -0.15) is 0 Å². The summed E-state index contributed by atoms with van der Waals surface area (Å²) in [7, 11) is 0. The topological polar surface area (TPSA) is 50.4 Å². The molecule has 0 atom stereocenters. The second kappa shape index (κ2) is 4.59. The first-order valence-electron chi connectivity index (χ1n) is 4.26. The van der Waals surface area contributed by atoms with Gasteiger partial charge in [-0.05, 0) is 13.0 Å². The van der Waals surface area contributed by atoms with Crippen molar-refractivity contribution in [2.75, 3.05) is 6.61 Å². The fourth-order valence-electron chi connectivity index (χ4n) is 1.03. The molecule has 0 unspecified atom stereocenters. The van der Waals surface area contributed by atoms with Crippen LogP contribution in [-0.4, -0.2) is 19.5 Å². The molecule has 0 aromatic heterocycles. The third-order valence-corrected chi connectivity index (χ3v) is 1.53. The summed E-state index contributed by atoms with van der Waals surface area (Å²) in [5.74, 6) is 2.56. The predicted molar refractivity (Wildman–Crippen MR) is 51.6 cm³/mol. The van der Waals surface area contributed by atoms with Crippen LogP contribution in [0.5, 0.6) is 0 Å². The summed E-state index contributed by atoms with van der Waals surface area (Å²) in [4.78, 5) is 10.7. The van der Waals surface area contributed by atoms with Crippen LogP contribution in [0.4, 0.5) is 0 Å². The van der Waals surface area contributed by atoms with Gasteiger partial charge in [0, 0.05) is 13.1 Å². The Morgan fingerprint density at radius 3 is 3.00 bits per heavy atom. The quantitative estimate of drug-likeness (QED) is 0.609. The normalized spacial score (nSPS) is 14.6. The molecule has 0 fully saturated rings. The molecule has 5 heteroatoms. The Kier molecular flexibility index (Phi) is 3.43. The zero-order valence-corrected chi connectivity index (χ0v) is 7.83. The third-order valence-electron chi connectivity index (χ3n) is 1.53. The van der Waals surface area contributed by atoms with E-state index in [-0.39, 0.29) is 12.9 Å². The summed E-state index contributed by atoms with van der Waals surface area (Å²) in [6.45, 7) is 3.93. The minimum atomic E-state index is -0.123. The molecule has 2 N–H and O–H groups in total. The van der Waals surface area contributed by atoms with Gasteiger partial charge in [-0.25, -0.2) is 0 Å². The number of ether oxygens (including phenoxy) is 1. The summed E-state index contributed by atoms with van der Waals surface area (Å²) >= 11 is 0. The molecule has 0 radical (unpaired) electrons. The van der Waals surface area contributed by atoms with Gasteiger partial charge in [0.25, 0.3) is 0 Å². The van der Waals surface area contributed by atoms with E-state index in [0.717, 1.165) is 5.76 Å². The van der Waals surface area contributed by atoms with Gasteiger partial charge in [0.15, 0.2) is 0 Å². The molecule has 13 heavy (non-hydrogen) atoms.